The van der Waals surface area contributed by atoms with Crippen molar-refractivity contribution in [1.82, 2.24) is 20.2 Å². The molecule has 5 N–H and O–H groups in total. The van der Waals surface area contributed by atoms with E-state index < -0.39 is 23.2 Å². The van der Waals surface area contributed by atoms with Crippen LogP contribution < -0.4 is 32.5 Å². The van der Waals surface area contributed by atoms with E-state index in [1.54, 1.807) is 4.90 Å². The number of aromatic nitrogens is 2. The lowest BCUT2D eigenvalue weighted by atomic mass is 10.2. The van der Waals surface area contributed by atoms with Crippen molar-refractivity contribution in [2.75, 3.05) is 23.7 Å². The van der Waals surface area contributed by atoms with Gasteiger partial charge in [-0.05, 0) is 17.9 Å². The van der Waals surface area contributed by atoms with Crippen LogP contribution in [0.5, 0.6) is 0 Å². The summed E-state index contributed by atoms with van der Waals surface area (Å²) < 4.78 is 1.35. The van der Waals surface area contributed by atoms with E-state index in [1.165, 1.54) is 4.57 Å². The van der Waals surface area contributed by atoms with Crippen molar-refractivity contribution in [2.45, 2.75) is 53.1 Å². The molecule has 1 aromatic carbocycles. The Morgan fingerprint density at radius 1 is 1.18 bits per heavy atom. The van der Waals surface area contributed by atoms with Crippen LogP contribution in [-0.2, 0) is 17.9 Å². The Balaban J connectivity index is 2.07. The molecule has 0 unspecified atom stereocenters. The standard InChI is InChI=1S/C23H34N6O4/c1-4-5-12-29-20(24)19(21(31)27-23(29)33)28(15-16(2)3)13-11-18(30)26-22(32)25-14-17-9-7-6-8-10-17/h6-10,16H,4-5,11-15,24H2,1-3H3,(H,27,31,33)(H2,25,26,30,32). The van der Waals surface area contributed by atoms with E-state index in [-0.39, 0.29) is 30.4 Å². The lowest BCUT2D eigenvalue weighted by Crippen LogP contribution is -2.43. The van der Waals surface area contributed by atoms with Gasteiger partial charge in [0.25, 0.3) is 5.56 Å². The van der Waals surface area contributed by atoms with Crippen LogP contribution in [0.2, 0.25) is 0 Å². The normalized spacial score (nSPS) is 10.8. The van der Waals surface area contributed by atoms with Crippen molar-refractivity contribution in [2.24, 2.45) is 5.92 Å². The summed E-state index contributed by atoms with van der Waals surface area (Å²) in [6.45, 7) is 7.24. The lowest BCUT2D eigenvalue weighted by Gasteiger charge is -2.27. The Kier molecular flexibility index (Phi) is 9.71. The maximum Gasteiger partial charge on any atom is 0.330 e. The molecule has 0 fully saturated rings. The third kappa shape index (κ3) is 7.81. The van der Waals surface area contributed by atoms with E-state index in [1.807, 2.05) is 51.1 Å². The molecule has 0 saturated heterocycles. The number of amides is 3. The number of rotatable bonds is 11. The average molecular weight is 459 g/mol. The Labute approximate surface area is 193 Å². The number of nitrogens with two attached hydrogens (primary N) is 1. The molecule has 0 spiro atoms. The number of aromatic amines is 1. The fraction of sp³-hybridized carbons (Fsp3) is 0.478. The van der Waals surface area contributed by atoms with Gasteiger partial charge in [0.15, 0.2) is 0 Å². The van der Waals surface area contributed by atoms with Crippen LogP contribution in [0.25, 0.3) is 0 Å². The summed E-state index contributed by atoms with van der Waals surface area (Å²) in [5.41, 5.74) is 6.16. The second-order valence-corrected chi connectivity index (χ2v) is 8.30. The van der Waals surface area contributed by atoms with Gasteiger partial charge in [-0.25, -0.2) is 9.59 Å². The molecule has 0 aliphatic rings. The highest BCUT2D eigenvalue weighted by atomic mass is 16.2. The molecule has 0 saturated carbocycles. The number of nitrogen functional groups attached to an aromatic ring is 1. The van der Waals surface area contributed by atoms with Gasteiger partial charge in [0.2, 0.25) is 5.91 Å². The first-order valence-electron chi connectivity index (χ1n) is 11.2. The molecule has 1 heterocycles. The molecule has 2 aromatic rings. The predicted octanol–water partition coefficient (Wildman–Crippen LogP) is 1.80. The molecule has 33 heavy (non-hydrogen) atoms. The minimum absolute atomic E-state index is 0.0293. The Morgan fingerprint density at radius 3 is 2.52 bits per heavy atom. The number of carbonyl (C=O) groups is 2. The van der Waals surface area contributed by atoms with E-state index in [0.29, 0.717) is 19.6 Å². The first-order valence-corrected chi connectivity index (χ1v) is 11.2. The number of hydrogen-bond acceptors (Lipinski definition) is 6. The van der Waals surface area contributed by atoms with Gasteiger partial charge in [-0.1, -0.05) is 57.5 Å². The zero-order chi connectivity index (χ0) is 24.4. The smallest absolute Gasteiger partial charge is 0.330 e. The number of nitrogens with one attached hydrogen (secondary N) is 3. The van der Waals surface area contributed by atoms with Gasteiger partial charge in [0.1, 0.15) is 11.5 Å². The molecule has 0 atom stereocenters. The average Bonchev–Trinajstić information content (AvgIpc) is 2.76. The molecule has 0 radical (unpaired) electrons. The largest absolute Gasteiger partial charge is 0.383 e. The highest BCUT2D eigenvalue weighted by Crippen LogP contribution is 2.19. The Hall–Kier alpha value is -3.56. The summed E-state index contributed by atoms with van der Waals surface area (Å²) in [6.07, 6.45) is 1.57. The second kappa shape index (κ2) is 12.5. The first-order chi connectivity index (χ1) is 15.7. The third-order valence-electron chi connectivity index (χ3n) is 5.01. The monoisotopic (exact) mass is 458 g/mol. The zero-order valence-electron chi connectivity index (χ0n) is 19.5. The summed E-state index contributed by atoms with van der Waals surface area (Å²) in [5, 5.41) is 4.94. The third-order valence-corrected chi connectivity index (χ3v) is 5.01. The van der Waals surface area contributed by atoms with Gasteiger partial charge >= 0.3 is 11.7 Å². The molecular formula is C23H34N6O4. The van der Waals surface area contributed by atoms with Crippen molar-refractivity contribution in [1.29, 1.82) is 0 Å². The Morgan fingerprint density at radius 2 is 1.88 bits per heavy atom. The van der Waals surface area contributed by atoms with Crippen LogP contribution in [0.3, 0.4) is 0 Å². The fourth-order valence-corrected chi connectivity index (χ4v) is 3.40. The zero-order valence-corrected chi connectivity index (χ0v) is 19.5. The summed E-state index contributed by atoms with van der Waals surface area (Å²) in [6, 6.07) is 8.75. The summed E-state index contributed by atoms with van der Waals surface area (Å²) >= 11 is 0. The summed E-state index contributed by atoms with van der Waals surface area (Å²) in [7, 11) is 0. The highest BCUT2D eigenvalue weighted by Gasteiger charge is 2.21. The SMILES string of the molecule is CCCCn1c(N)c(N(CCC(=O)NC(=O)NCc2ccccc2)CC(C)C)c(=O)[nH]c1=O. The van der Waals surface area contributed by atoms with Crippen molar-refractivity contribution >= 4 is 23.4 Å². The van der Waals surface area contributed by atoms with Crippen LogP contribution >= 0.6 is 0 Å². The van der Waals surface area contributed by atoms with Crippen LogP contribution in [0.4, 0.5) is 16.3 Å². The van der Waals surface area contributed by atoms with E-state index >= 15 is 0 Å². The molecule has 10 nitrogen and oxygen atoms in total. The van der Waals surface area contributed by atoms with Crippen LogP contribution in [-0.4, -0.2) is 34.6 Å². The molecule has 2 rings (SSSR count). The number of H-pyrrole nitrogens is 1. The number of anilines is 2. The van der Waals surface area contributed by atoms with E-state index in [0.717, 1.165) is 18.4 Å². The van der Waals surface area contributed by atoms with Crippen LogP contribution in [0.1, 0.15) is 45.6 Å². The number of nitrogens with zero attached hydrogens (tertiary/aromatic N) is 2. The Bertz CT molecular complexity index is 1050. The molecule has 0 aliphatic heterocycles. The number of imide groups is 1. The number of carbonyl (C=O) groups excluding carboxylic acids is 2. The number of urea groups is 1. The number of benzene rings is 1. The van der Waals surface area contributed by atoms with Crippen LogP contribution in [0.15, 0.2) is 39.9 Å². The number of hydrogen-bond donors (Lipinski definition) is 4. The van der Waals surface area contributed by atoms with E-state index in [4.69, 9.17) is 5.73 Å². The highest BCUT2D eigenvalue weighted by molar-refractivity contribution is 5.94. The minimum Gasteiger partial charge on any atom is -0.383 e. The molecule has 1 aromatic heterocycles. The van der Waals surface area contributed by atoms with E-state index in [9.17, 15) is 19.2 Å². The molecule has 180 valence electrons. The fourth-order valence-electron chi connectivity index (χ4n) is 3.40. The van der Waals surface area contributed by atoms with Gasteiger partial charge in [-0.15, -0.1) is 0 Å². The molecule has 0 bridgehead atoms. The van der Waals surface area contributed by atoms with Gasteiger partial charge in [-0.2, -0.15) is 0 Å². The minimum atomic E-state index is -0.593. The quantitative estimate of drug-likeness (QED) is 0.404. The van der Waals surface area contributed by atoms with Crippen molar-refractivity contribution in [3.05, 3.63) is 56.7 Å². The lowest BCUT2D eigenvalue weighted by molar-refractivity contribution is -0.119. The topological polar surface area (TPSA) is 142 Å². The van der Waals surface area contributed by atoms with Crippen molar-refractivity contribution < 1.29 is 9.59 Å². The first kappa shape index (κ1) is 25.7. The molecule has 3 amide bonds. The number of unbranched alkanes of at least 4 members (excludes halogenated alkanes) is 1. The molecule has 0 aliphatic carbocycles. The van der Waals surface area contributed by atoms with Crippen LogP contribution in [0, 0.1) is 5.92 Å². The summed E-state index contributed by atoms with van der Waals surface area (Å²) in [5.74, 6) is -0.237. The predicted molar refractivity (Wildman–Crippen MR) is 129 cm³/mol. The molecular weight excluding hydrogens is 424 g/mol. The van der Waals surface area contributed by atoms with E-state index in [2.05, 4.69) is 15.6 Å². The van der Waals surface area contributed by atoms with Gasteiger partial charge in [0.05, 0.1) is 0 Å². The maximum absolute atomic E-state index is 12.6. The second-order valence-electron chi connectivity index (χ2n) is 8.30. The van der Waals surface area contributed by atoms with Crippen molar-refractivity contribution in [3.8, 4) is 0 Å². The van der Waals surface area contributed by atoms with Crippen molar-refractivity contribution in [3.63, 3.8) is 0 Å². The maximum atomic E-state index is 12.6. The summed E-state index contributed by atoms with van der Waals surface area (Å²) in [4.78, 5) is 53.2. The molecule has 10 heteroatoms. The van der Waals surface area contributed by atoms with Gasteiger partial charge < -0.3 is 16.0 Å². The van der Waals surface area contributed by atoms with Gasteiger partial charge in [0, 0.05) is 32.6 Å². The van der Waals surface area contributed by atoms with Gasteiger partial charge in [-0.3, -0.25) is 24.5 Å².